The van der Waals surface area contributed by atoms with Gasteiger partial charge in [-0.05, 0) is 68.3 Å². The molecule has 27 heavy (non-hydrogen) atoms. The van der Waals surface area contributed by atoms with Crippen LogP contribution in [0.4, 0.5) is 0 Å². The highest BCUT2D eigenvalue weighted by atomic mass is 35.5. The van der Waals surface area contributed by atoms with E-state index in [1.54, 1.807) is 0 Å². The zero-order valence-corrected chi connectivity index (χ0v) is 16.5. The van der Waals surface area contributed by atoms with Crippen LogP contribution in [0.15, 0.2) is 18.2 Å². The summed E-state index contributed by atoms with van der Waals surface area (Å²) < 4.78 is 11.4. The number of rotatable bonds is 3. The Hall–Kier alpha value is -1.46. The summed E-state index contributed by atoms with van der Waals surface area (Å²) in [7, 11) is 0. The molecular weight excluding hydrogens is 364 g/mol. The molecule has 2 saturated carbocycles. The highest BCUT2D eigenvalue weighted by Gasteiger charge is 2.58. The molecule has 0 aromatic heterocycles. The Morgan fingerprint density at radius 2 is 1.74 bits per heavy atom. The minimum atomic E-state index is -0.233. The van der Waals surface area contributed by atoms with Crippen molar-refractivity contribution >= 4 is 18.3 Å². The number of ether oxygens (including phenoxy) is 2. The first-order valence-electron chi connectivity index (χ1n) is 10.1. The average Bonchev–Trinajstić information content (AvgIpc) is 3.15. The second-order valence-corrected chi connectivity index (χ2v) is 8.51. The number of hydrogen-bond acceptors (Lipinski definition) is 4. The Morgan fingerprint density at radius 3 is 2.48 bits per heavy atom. The van der Waals surface area contributed by atoms with Gasteiger partial charge in [-0.2, -0.15) is 0 Å². The minimum absolute atomic E-state index is 0. The first-order valence-corrected chi connectivity index (χ1v) is 10.1. The van der Waals surface area contributed by atoms with Crippen LogP contribution in [-0.2, 0) is 10.3 Å². The summed E-state index contributed by atoms with van der Waals surface area (Å²) in [6.45, 7) is 3.30. The van der Waals surface area contributed by atoms with E-state index in [1.807, 2.05) is 6.07 Å². The van der Waals surface area contributed by atoms with Gasteiger partial charge in [-0.1, -0.05) is 18.9 Å². The van der Waals surface area contributed by atoms with Crippen LogP contribution in [0.2, 0.25) is 0 Å². The molecule has 2 aliphatic carbocycles. The molecule has 2 N–H and O–H groups in total. The van der Waals surface area contributed by atoms with Crippen LogP contribution in [0.1, 0.15) is 50.5 Å². The third-order valence-corrected chi connectivity index (χ3v) is 7.02. The summed E-state index contributed by atoms with van der Waals surface area (Å²) in [6, 6.07) is 6.21. The topological polar surface area (TPSA) is 59.6 Å². The SMILES string of the molecule is Cl.O=C(NC1(c2ccc3c(c2)OCCO3)CCCC1)C1CC12CCNCC2. The number of fused-ring (bicyclic) bond motifs is 1. The summed E-state index contributed by atoms with van der Waals surface area (Å²) in [5.41, 5.74) is 1.22. The van der Waals surface area contributed by atoms with E-state index < -0.39 is 0 Å². The van der Waals surface area contributed by atoms with Gasteiger partial charge in [0.15, 0.2) is 11.5 Å². The van der Waals surface area contributed by atoms with Gasteiger partial charge < -0.3 is 20.1 Å². The number of carbonyl (C=O) groups excluding carboxylic acids is 1. The van der Waals surface area contributed by atoms with Crippen molar-refractivity contribution < 1.29 is 14.3 Å². The maximum Gasteiger partial charge on any atom is 0.224 e. The molecule has 1 atom stereocenters. The standard InChI is InChI=1S/C21H28N2O3.ClH/c24-19(16-14-20(16)7-9-22-10-8-20)23-21(5-1-2-6-21)15-3-4-17-18(13-15)26-12-11-25-17;/h3-4,13,16,22H,1-2,5-12,14H2,(H,23,24);1H. The molecule has 5 rings (SSSR count). The van der Waals surface area contributed by atoms with Crippen molar-refractivity contribution in [2.75, 3.05) is 26.3 Å². The van der Waals surface area contributed by atoms with E-state index in [4.69, 9.17) is 9.47 Å². The Bertz CT molecular complexity index is 711. The second kappa shape index (κ2) is 7.17. The number of piperidine rings is 1. The number of amides is 1. The zero-order chi connectivity index (χ0) is 17.6. The predicted molar refractivity (Wildman–Crippen MR) is 106 cm³/mol. The molecule has 1 spiro atoms. The van der Waals surface area contributed by atoms with E-state index in [2.05, 4.69) is 22.8 Å². The molecule has 1 amide bonds. The molecule has 1 saturated heterocycles. The van der Waals surface area contributed by atoms with E-state index in [1.165, 1.54) is 5.56 Å². The Labute approximate surface area is 167 Å². The maximum atomic E-state index is 13.1. The van der Waals surface area contributed by atoms with Crippen molar-refractivity contribution in [2.45, 2.75) is 50.5 Å². The summed E-state index contributed by atoms with van der Waals surface area (Å²) in [5, 5.41) is 6.91. The van der Waals surface area contributed by atoms with Gasteiger partial charge in [-0.25, -0.2) is 0 Å². The van der Waals surface area contributed by atoms with Crippen molar-refractivity contribution in [3.05, 3.63) is 23.8 Å². The number of nitrogens with one attached hydrogen (secondary N) is 2. The average molecular weight is 393 g/mol. The van der Waals surface area contributed by atoms with Crippen molar-refractivity contribution in [3.63, 3.8) is 0 Å². The van der Waals surface area contributed by atoms with E-state index in [-0.39, 0.29) is 35.2 Å². The van der Waals surface area contributed by atoms with E-state index in [9.17, 15) is 4.79 Å². The lowest BCUT2D eigenvalue weighted by molar-refractivity contribution is -0.125. The molecule has 4 aliphatic rings. The highest BCUT2D eigenvalue weighted by molar-refractivity contribution is 5.85. The Morgan fingerprint density at radius 1 is 1.04 bits per heavy atom. The molecule has 3 fully saturated rings. The first-order chi connectivity index (χ1) is 12.7. The summed E-state index contributed by atoms with van der Waals surface area (Å²) >= 11 is 0. The summed E-state index contributed by atoms with van der Waals surface area (Å²) in [5.74, 6) is 2.11. The van der Waals surface area contributed by atoms with Crippen LogP contribution in [0.25, 0.3) is 0 Å². The van der Waals surface area contributed by atoms with Crippen molar-refractivity contribution in [1.82, 2.24) is 10.6 Å². The molecular formula is C21H29ClN2O3. The van der Waals surface area contributed by atoms with E-state index in [0.717, 1.165) is 69.5 Å². The molecule has 148 valence electrons. The van der Waals surface area contributed by atoms with Crippen molar-refractivity contribution in [1.29, 1.82) is 0 Å². The highest BCUT2D eigenvalue weighted by Crippen LogP contribution is 2.59. The van der Waals surface area contributed by atoms with Gasteiger partial charge in [0, 0.05) is 5.92 Å². The Balaban J connectivity index is 0.00000180. The fourth-order valence-corrected chi connectivity index (χ4v) is 5.32. The summed E-state index contributed by atoms with van der Waals surface area (Å²) in [4.78, 5) is 13.1. The zero-order valence-electron chi connectivity index (χ0n) is 15.7. The summed E-state index contributed by atoms with van der Waals surface area (Å²) in [6.07, 6.45) is 7.70. The molecule has 6 heteroatoms. The lowest BCUT2D eigenvalue weighted by atomic mass is 9.86. The number of carbonyl (C=O) groups is 1. The fourth-order valence-electron chi connectivity index (χ4n) is 5.32. The van der Waals surface area contributed by atoms with Crippen molar-refractivity contribution in [3.8, 4) is 11.5 Å². The molecule has 0 radical (unpaired) electrons. The third-order valence-electron chi connectivity index (χ3n) is 7.02. The lowest BCUT2D eigenvalue weighted by Gasteiger charge is -2.33. The van der Waals surface area contributed by atoms with Gasteiger partial charge in [0.1, 0.15) is 13.2 Å². The van der Waals surface area contributed by atoms with Crippen LogP contribution >= 0.6 is 12.4 Å². The smallest absolute Gasteiger partial charge is 0.224 e. The number of hydrogen-bond donors (Lipinski definition) is 2. The first kappa shape index (κ1) is 18.9. The minimum Gasteiger partial charge on any atom is -0.486 e. The normalized spacial score (nSPS) is 26.9. The lowest BCUT2D eigenvalue weighted by Crippen LogP contribution is -2.45. The van der Waals surface area contributed by atoms with Gasteiger partial charge >= 0.3 is 0 Å². The van der Waals surface area contributed by atoms with Crippen molar-refractivity contribution in [2.24, 2.45) is 11.3 Å². The van der Waals surface area contributed by atoms with Gasteiger partial charge in [0.25, 0.3) is 0 Å². The largest absolute Gasteiger partial charge is 0.486 e. The van der Waals surface area contributed by atoms with Crippen LogP contribution < -0.4 is 20.1 Å². The van der Waals surface area contributed by atoms with Gasteiger partial charge in [-0.3, -0.25) is 4.79 Å². The molecule has 2 aliphatic heterocycles. The predicted octanol–water partition coefficient (Wildman–Crippen LogP) is 3.15. The van der Waals surface area contributed by atoms with Crippen LogP contribution in [-0.4, -0.2) is 32.2 Å². The van der Waals surface area contributed by atoms with Crippen LogP contribution in [0.5, 0.6) is 11.5 Å². The number of halogens is 1. The molecule has 1 unspecified atom stereocenters. The third kappa shape index (κ3) is 3.29. The molecule has 0 bridgehead atoms. The quantitative estimate of drug-likeness (QED) is 0.829. The maximum absolute atomic E-state index is 13.1. The molecule has 5 nitrogen and oxygen atoms in total. The molecule has 1 aromatic carbocycles. The second-order valence-electron chi connectivity index (χ2n) is 8.51. The number of benzene rings is 1. The van der Waals surface area contributed by atoms with Gasteiger partial charge in [0.2, 0.25) is 5.91 Å². The van der Waals surface area contributed by atoms with Gasteiger partial charge in [0.05, 0.1) is 5.54 Å². The van der Waals surface area contributed by atoms with Gasteiger partial charge in [-0.15, -0.1) is 12.4 Å². The van der Waals surface area contributed by atoms with Crippen LogP contribution in [0.3, 0.4) is 0 Å². The molecule has 2 heterocycles. The monoisotopic (exact) mass is 392 g/mol. The molecule has 1 aromatic rings. The fraction of sp³-hybridized carbons (Fsp3) is 0.667. The van der Waals surface area contributed by atoms with E-state index in [0.29, 0.717) is 13.2 Å². The van der Waals surface area contributed by atoms with E-state index >= 15 is 0 Å². The van der Waals surface area contributed by atoms with Crippen LogP contribution in [0, 0.1) is 11.3 Å². The Kier molecular flexibility index (Phi) is 5.02.